The van der Waals surface area contributed by atoms with Crippen molar-refractivity contribution in [1.29, 1.82) is 0 Å². The number of benzene rings is 2. The van der Waals surface area contributed by atoms with Crippen molar-refractivity contribution in [1.82, 2.24) is 9.88 Å². The number of amides is 1. The summed E-state index contributed by atoms with van der Waals surface area (Å²) in [5, 5.41) is 3.51. The van der Waals surface area contributed by atoms with Crippen molar-refractivity contribution < 1.29 is 4.79 Å². The van der Waals surface area contributed by atoms with Crippen LogP contribution in [-0.4, -0.2) is 22.3 Å². The van der Waals surface area contributed by atoms with E-state index >= 15 is 0 Å². The Labute approximate surface area is 147 Å². The van der Waals surface area contributed by atoms with E-state index in [2.05, 4.69) is 22.4 Å². The van der Waals surface area contributed by atoms with Crippen molar-refractivity contribution in [3.05, 3.63) is 95.8 Å². The molecule has 2 aromatic carbocycles. The first kappa shape index (κ1) is 15.4. The first-order chi connectivity index (χ1) is 12.3. The summed E-state index contributed by atoms with van der Waals surface area (Å²) in [4.78, 5) is 19.1. The molecule has 25 heavy (non-hydrogen) atoms. The second-order valence-corrected chi connectivity index (χ2v) is 6.11. The molecule has 1 amide bonds. The van der Waals surface area contributed by atoms with Gasteiger partial charge in [-0.3, -0.25) is 9.78 Å². The number of hydrogen-bond donors (Lipinski definition) is 1. The lowest BCUT2D eigenvalue weighted by Crippen LogP contribution is -2.44. The smallest absolute Gasteiger partial charge is 0.257 e. The Bertz CT molecular complexity index is 865. The van der Waals surface area contributed by atoms with Crippen LogP contribution in [0.5, 0.6) is 0 Å². The van der Waals surface area contributed by atoms with Crippen LogP contribution in [-0.2, 0) is 6.42 Å². The van der Waals surface area contributed by atoms with E-state index in [0.717, 1.165) is 23.2 Å². The molecule has 4 heteroatoms. The van der Waals surface area contributed by atoms with Crippen LogP contribution in [0.15, 0.2) is 79.1 Å². The van der Waals surface area contributed by atoms with Crippen LogP contribution in [0.2, 0.25) is 0 Å². The summed E-state index contributed by atoms with van der Waals surface area (Å²) in [6.45, 7) is 0.650. The molecule has 2 heterocycles. The van der Waals surface area contributed by atoms with Crippen LogP contribution in [0, 0.1) is 0 Å². The maximum absolute atomic E-state index is 13.1. The Morgan fingerprint density at radius 3 is 2.44 bits per heavy atom. The molecule has 0 radical (unpaired) electrons. The van der Waals surface area contributed by atoms with Crippen molar-refractivity contribution in [2.24, 2.45) is 0 Å². The van der Waals surface area contributed by atoms with Crippen molar-refractivity contribution in [2.75, 3.05) is 11.9 Å². The molecule has 1 aromatic heterocycles. The number of para-hydroxylation sites is 1. The van der Waals surface area contributed by atoms with E-state index in [1.54, 1.807) is 12.4 Å². The summed E-state index contributed by atoms with van der Waals surface area (Å²) in [7, 11) is 0. The molecule has 1 atom stereocenters. The number of carbonyl (C=O) groups excluding carboxylic acids is 1. The van der Waals surface area contributed by atoms with E-state index in [9.17, 15) is 4.79 Å². The molecule has 4 nitrogen and oxygen atoms in total. The minimum Gasteiger partial charge on any atom is -0.361 e. The van der Waals surface area contributed by atoms with Crippen molar-refractivity contribution >= 4 is 11.6 Å². The second kappa shape index (κ2) is 6.77. The van der Waals surface area contributed by atoms with E-state index in [0.29, 0.717) is 6.54 Å². The molecule has 1 N–H and O–H groups in total. The van der Waals surface area contributed by atoms with Crippen molar-refractivity contribution in [2.45, 2.75) is 12.6 Å². The van der Waals surface area contributed by atoms with Gasteiger partial charge in [-0.2, -0.15) is 0 Å². The molecule has 0 saturated carbocycles. The Kier molecular flexibility index (Phi) is 4.17. The van der Waals surface area contributed by atoms with Gasteiger partial charge in [0.05, 0.1) is 5.56 Å². The lowest BCUT2D eigenvalue weighted by molar-refractivity contribution is 0.0685. The molecule has 0 saturated heterocycles. The first-order valence-electron chi connectivity index (χ1n) is 8.43. The fraction of sp³-hybridized carbons (Fsp3) is 0.143. The SMILES string of the molecule is O=C1c2ccccc2N[C@H](c2ccncc2)N1CCc1ccccc1. The third-order valence-corrected chi connectivity index (χ3v) is 4.53. The standard InChI is InChI=1S/C21H19N3O/c25-21-18-8-4-5-9-19(18)23-20(17-10-13-22-14-11-17)24(21)15-12-16-6-2-1-3-7-16/h1-11,13-14,20,23H,12,15H2/t20-/m0/s1. The lowest BCUT2D eigenvalue weighted by atomic mass is 10.0. The quantitative estimate of drug-likeness (QED) is 0.790. The van der Waals surface area contributed by atoms with Crippen LogP contribution >= 0.6 is 0 Å². The molecule has 0 unspecified atom stereocenters. The van der Waals surface area contributed by atoms with Crippen LogP contribution in [0.25, 0.3) is 0 Å². The summed E-state index contributed by atoms with van der Waals surface area (Å²) in [5.74, 6) is 0.0621. The van der Waals surface area contributed by atoms with Gasteiger partial charge in [0, 0.05) is 24.6 Å². The molecule has 3 aromatic rings. The first-order valence-corrected chi connectivity index (χ1v) is 8.43. The normalized spacial score (nSPS) is 16.2. The topological polar surface area (TPSA) is 45.2 Å². The van der Waals surface area contributed by atoms with Crippen molar-refractivity contribution in [3.8, 4) is 0 Å². The fourth-order valence-electron chi connectivity index (χ4n) is 3.23. The summed E-state index contributed by atoms with van der Waals surface area (Å²) >= 11 is 0. The third-order valence-electron chi connectivity index (χ3n) is 4.53. The van der Waals surface area contributed by atoms with Gasteiger partial charge < -0.3 is 10.2 Å². The van der Waals surface area contributed by atoms with Crippen molar-refractivity contribution in [3.63, 3.8) is 0 Å². The molecule has 0 bridgehead atoms. The number of carbonyl (C=O) groups is 1. The van der Waals surface area contributed by atoms with Gasteiger partial charge in [-0.25, -0.2) is 0 Å². The minimum atomic E-state index is -0.186. The lowest BCUT2D eigenvalue weighted by Gasteiger charge is -2.38. The molecule has 124 valence electrons. The van der Waals surface area contributed by atoms with Gasteiger partial charge in [-0.05, 0) is 41.8 Å². The second-order valence-electron chi connectivity index (χ2n) is 6.11. The average Bonchev–Trinajstić information content (AvgIpc) is 2.69. The van der Waals surface area contributed by atoms with E-state index in [1.165, 1.54) is 5.56 Å². The number of nitrogens with zero attached hydrogens (tertiary/aromatic N) is 2. The molecular weight excluding hydrogens is 310 g/mol. The Morgan fingerprint density at radius 1 is 0.920 bits per heavy atom. The van der Waals surface area contributed by atoms with Gasteiger partial charge in [0.2, 0.25) is 0 Å². The highest BCUT2D eigenvalue weighted by atomic mass is 16.2. The Morgan fingerprint density at radius 2 is 1.64 bits per heavy atom. The molecular formula is C21H19N3O. The Hall–Kier alpha value is -3.14. The number of fused-ring (bicyclic) bond motifs is 1. The number of aromatic nitrogens is 1. The van der Waals surface area contributed by atoms with Gasteiger partial charge in [0.25, 0.3) is 5.91 Å². The van der Waals surface area contributed by atoms with Gasteiger partial charge >= 0.3 is 0 Å². The number of hydrogen-bond acceptors (Lipinski definition) is 3. The van der Waals surface area contributed by atoms with Crippen LogP contribution in [0.4, 0.5) is 5.69 Å². The minimum absolute atomic E-state index is 0.0621. The highest BCUT2D eigenvalue weighted by molar-refractivity contribution is 6.01. The molecule has 4 rings (SSSR count). The highest BCUT2D eigenvalue weighted by Crippen LogP contribution is 2.32. The van der Waals surface area contributed by atoms with E-state index < -0.39 is 0 Å². The molecule has 0 fully saturated rings. The summed E-state index contributed by atoms with van der Waals surface area (Å²) in [6.07, 6.45) is 4.15. The number of anilines is 1. The predicted octanol–water partition coefficient (Wildman–Crippen LogP) is 3.89. The maximum atomic E-state index is 13.1. The van der Waals surface area contributed by atoms with Gasteiger partial charge in [-0.15, -0.1) is 0 Å². The van der Waals surface area contributed by atoms with Crippen LogP contribution < -0.4 is 5.32 Å². The molecule has 1 aliphatic rings. The summed E-state index contributed by atoms with van der Waals surface area (Å²) < 4.78 is 0. The summed E-state index contributed by atoms with van der Waals surface area (Å²) in [5.41, 5.74) is 3.86. The zero-order valence-corrected chi connectivity index (χ0v) is 13.8. The van der Waals surface area contributed by atoms with Crippen LogP contribution in [0.3, 0.4) is 0 Å². The third kappa shape index (κ3) is 3.11. The predicted molar refractivity (Wildman–Crippen MR) is 98.2 cm³/mol. The van der Waals surface area contributed by atoms with E-state index in [-0.39, 0.29) is 12.1 Å². The van der Waals surface area contributed by atoms with Gasteiger partial charge in [0.1, 0.15) is 6.17 Å². The fourth-order valence-corrected chi connectivity index (χ4v) is 3.23. The van der Waals surface area contributed by atoms with Gasteiger partial charge in [-0.1, -0.05) is 42.5 Å². The zero-order chi connectivity index (χ0) is 17.1. The zero-order valence-electron chi connectivity index (χ0n) is 13.8. The summed E-state index contributed by atoms with van der Waals surface area (Å²) in [6, 6.07) is 21.8. The van der Waals surface area contributed by atoms with Gasteiger partial charge in [0.15, 0.2) is 0 Å². The molecule has 0 spiro atoms. The largest absolute Gasteiger partial charge is 0.361 e. The number of nitrogens with one attached hydrogen (secondary N) is 1. The average molecular weight is 329 g/mol. The molecule has 1 aliphatic heterocycles. The highest BCUT2D eigenvalue weighted by Gasteiger charge is 2.32. The Balaban J connectivity index is 1.66. The number of rotatable bonds is 4. The molecule has 0 aliphatic carbocycles. The number of pyridine rings is 1. The van der Waals surface area contributed by atoms with Crippen LogP contribution in [0.1, 0.15) is 27.7 Å². The maximum Gasteiger partial charge on any atom is 0.257 e. The van der Waals surface area contributed by atoms with E-state index in [1.807, 2.05) is 59.5 Å². The monoisotopic (exact) mass is 329 g/mol. The van der Waals surface area contributed by atoms with E-state index in [4.69, 9.17) is 0 Å².